The molecule has 0 aliphatic heterocycles. The number of hydrogen-bond acceptors (Lipinski definition) is 1. The molecule has 1 aromatic rings. The molecule has 0 spiro atoms. The number of nitrogens with two attached hydrogens (primary N) is 1. The summed E-state index contributed by atoms with van der Waals surface area (Å²) in [5.74, 6) is -0.766. The molecule has 2 N–H and O–H groups in total. The number of benzene rings is 1. The van der Waals surface area contributed by atoms with Gasteiger partial charge in [-0.25, -0.2) is 4.39 Å². The van der Waals surface area contributed by atoms with E-state index in [4.69, 9.17) is 5.73 Å². The summed E-state index contributed by atoms with van der Waals surface area (Å²) in [4.78, 5) is 0. The van der Waals surface area contributed by atoms with Gasteiger partial charge in [0.25, 0.3) is 0 Å². The Balaban J connectivity index is 2.31. The van der Waals surface area contributed by atoms with Crippen LogP contribution in [0.2, 0.25) is 0 Å². The molecule has 1 saturated carbocycles. The highest BCUT2D eigenvalue weighted by Gasteiger charge is 2.32. The van der Waals surface area contributed by atoms with Crippen molar-refractivity contribution in [2.24, 2.45) is 5.73 Å². The van der Waals surface area contributed by atoms with Crippen LogP contribution in [0.25, 0.3) is 0 Å². The fourth-order valence-electron chi connectivity index (χ4n) is 2.54. The van der Waals surface area contributed by atoms with Crippen LogP contribution in [0, 0.1) is 5.82 Å². The summed E-state index contributed by atoms with van der Waals surface area (Å²) in [6.07, 6.45) is -1.48. The average Bonchev–Trinajstić information content (AvgIpc) is 2.28. The van der Waals surface area contributed by atoms with Gasteiger partial charge in [0.1, 0.15) is 5.82 Å². The first-order chi connectivity index (χ1) is 8.38. The van der Waals surface area contributed by atoms with Crippen LogP contribution >= 0.6 is 0 Å². The maximum Gasteiger partial charge on any atom is 0.416 e. The molecule has 0 aromatic heterocycles. The molecule has 0 bridgehead atoms. The van der Waals surface area contributed by atoms with E-state index in [-0.39, 0.29) is 17.5 Å². The van der Waals surface area contributed by atoms with Gasteiger partial charge in [-0.3, -0.25) is 0 Å². The van der Waals surface area contributed by atoms with Crippen molar-refractivity contribution in [1.82, 2.24) is 0 Å². The van der Waals surface area contributed by atoms with Crippen molar-refractivity contribution in [3.8, 4) is 0 Å². The highest BCUT2D eigenvalue weighted by Crippen LogP contribution is 2.37. The largest absolute Gasteiger partial charge is 0.416 e. The third kappa shape index (κ3) is 2.83. The molecule has 1 aromatic carbocycles. The summed E-state index contributed by atoms with van der Waals surface area (Å²) in [6.45, 7) is 0. The summed E-state index contributed by atoms with van der Waals surface area (Å²) in [6, 6.07) is 2.57. The number of alkyl halides is 3. The molecule has 0 saturated heterocycles. The van der Waals surface area contributed by atoms with Gasteiger partial charge in [0.15, 0.2) is 0 Å². The molecule has 1 nitrogen and oxygen atoms in total. The molecule has 2 rings (SSSR count). The van der Waals surface area contributed by atoms with Gasteiger partial charge in [0.2, 0.25) is 0 Å². The van der Waals surface area contributed by atoms with Crippen LogP contribution in [0.5, 0.6) is 0 Å². The number of hydrogen-bond donors (Lipinski definition) is 1. The Morgan fingerprint density at radius 3 is 2.50 bits per heavy atom. The molecular weight excluding hydrogens is 246 g/mol. The van der Waals surface area contributed by atoms with E-state index in [0.717, 1.165) is 31.0 Å². The van der Waals surface area contributed by atoms with Gasteiger partial charge >= 0.3 is 6.18 Å². The van der Waals surface area contributed by atoms with E-state index in [2.05, 4.69) is 0 Å². The molecule has 100 valence electrons. The third-order valence-electron chi connectivity index (χ3n) is 3.48. The molecule has 2 atom stereocenters. The van der Waals surface area contributed by atoms with E-state index in [1.807, 2.05) is 0 Å². The van der Waals surface area contributed by atoms with Gasteiger partial charge in [-0.2, -0.15) is 13.2 Å². The van der Waals surface area contributed by atoms with E-state index in [0.29, 0.717) is 12.8 Å². The third-order valence-corrected chi connectivity index (χ3v) is 3.48. The molecule has 0 amide bonds. The Bertz CT molecular complexity index is 427. The first-order valence-electron chi connectivity index (χ1n) is 6.00. The first-order valence-corrected chi connectivity index (χ1v) is 6.00. The molecule has 0 heterocycles. The van der Waals surface area contributed by atoms with Crippen molar-refractivity contribution >= 4 is 0 Å². The smallest absolute Gasteiger partial charge is 0.328 e. The minimum atomic E-state index is -4.43. The zero-order chi connectivity index (χ0) is 13.3. The summed E-state index contributed by atoms with van der Waals surface area (Å²) in [7, 11) is 0. The Morgan fingerprint density at radius 1 is 1.17 bits per heavy atom. The van der Waals surface area contributed by atoms with E-state index >= 15 is 0 Å². The van der Waals surface area contributed by atoms with E-state index in [1.54, 1.807) is 0 Å². The fraction of sp³-hybridized carbons (Fsp3) is 0.538. The molecule has 18 heavy (non-hydrogen) atoms. The summed E-state index contributed by atoms with van der Waals surface area (Å²) >= 11 is 0. The van der Waals surface area contributed by atoms with Crippen LogP contribution in [0.15, 0.2) is 18.2 Å². The maximum absolute atomic E-state index is 13.7. The number of halogens is 4. The maximum atomic E-state index is 13.7. The normalized spacial score (nSPS) is 25.2. The monoisotopic (exact) mass is 261 g/mol. The molecule has 1 aliphatic rings. The minimum absolute atomic E-state index is 0.0438. The first kappa shape index (κ1) is 13.3. The molecule has 0 radical (unpaired) electrons. The van der Waals surface area contributed by atoms with Crippen LogP contribution in [-0.4, -0.2) is 6.04 Å². The molecule has 5 heteroatoms. The Kier molecular flexibility index (Phi) is 3.61. The van der Waals surface area contributed by atoms with Crippen molar-refractivity contribution in [3.05, 3.63) is 35.1 Å². The minimum Gasteiger partial charge on any atom is -0.328 e. The fourth-order valence-corrected chi connectivity index (χ4v) is 2.54. The van der Waals surface area contributed by atoms with Crippen LogP contribution in [-0.2, 0) is 6.18 Å². The van der Waals surface area contributed by atoms with Crippen molar-refractivity contribution in [1.29, 1.82) is 0 Å². The lowest BCUT2D eigenvalue weighted by Crippen LogP contribution is -2.27. The Morgan fingerprint density at radius 2 is 1.89 bits per heavy atom. The second-order valence-corrected chi connectivity index (χ2v) is 4.86. The lowest BCUT2D eigenvalue weighted by molar-refractivity contribution is -0.137. The van der Waals surface area contributed by atoms with Crippen LogP contribution < -0.4 is 5.73 Å². The van der Waals surface area contributed by atoms with Gasteiger partial charge < -0.3 is 5.73 Å². The van der Waals surface area contributed by atoms with E-state index < -0.39 is 17.6 Å². The van der Waals surface area contributed by atoms with Gasteiger partial charge in [0.05, 0.1) is 5.56 Å². The zero-order valence-corrected chi connectivity index (χ0v) is 9.80. The average molecular weight is 261 g/mol. The second-order valence-electron chi connectivity index (χ2n) is 4.86. The Labute approximate surface area is 103 Å². The second kappa shape index (κ2) is 4.88. The Hall–Kier alpha value is -1.10. The zero-order valence-electron chi connectivity index (χ0n) is 9.80. The topological polar surface area (TPSA) is 26.0 Å². The summed E-state index contributed by atoms with van der Waals surface area (Å²) in [5.41, 5.74) is 5.15. The van der Waals surface area contributed by atoms with Gasteiger partial charge in [-0.05, 0) is 48.9 Å². The summed E-state index contributed by atoms with van der Waals surface area (Å²) in [5, 5.41) is 0. The van der Waals surface area contributed by atoms with E-state index in [1.165, 1.54) is 0 Å². The van der Waals surface area contributed by atoms with Crippen LogP contribution in [0.3, 0.4) is 0 Å². The van der Waals surface area contributed by atoms with Gasteiger partial charge in [-0.1, -0.05) is 6.42 Å². The highest BCUT2D eigenvalue weighted by molar-refractivity contribution is 5.30. The molecule has 1 fully saturated rings. The number of rotatable bonds is 1. The predicted molar refractivity (Wildman–Crippen MR) is 60.6 cm³/mol. The lowest BCUT2D eigenvalue weighted by Gasteiger charge is -2.27. The SMILES string of the molecule is NC1CCCC(c2cc(C(F)(F)F)ccc2F)C1. The van der Waals surface area contributed by atoms with Crippen molar-refractivity contribution in [2.75, 3.05) is 0 Å². The van der Waals surface area contributed by atoms with Crippen molar-refractivity contribution in [3.63, 3.8) is 0 Å². The van der Waals surface area contributed by atoms with E-state index in [9.17, 15) is 17.6 Å². The van der Waals surface area contributed by atoms with Gasteiger partial charge in [-0.15, -0.1) is 0 Å². The van der Waals surface area contributed by atoms with Gasteiger partial charge in [0, 0.05) is 6.04 Å². The predicted octanol–water partition coefficient (Wildman–Crippen LogP) is 3.83. The van der Waals surface area contributed by atoms with Crippen molar-refractivity contribution in [2.45, 2.75) is 43.8 Å². The molecule has 1 aliphatic carbocycles. The highest BCUT2D eigenvalue weighted by atomic mass is 19.4. The van der Waals surface area contributed by atoms with Crippen LogP contribution in [0.1, 0.15) is 42.7 Å². The molecular formula is C13H15F4N. The summed E-state index contributed by atoms with van der Waals surface area (Å²) < 4.78 is 51.5. The molecule has 2 unspecified atom stereocenters. The van der Waals surface area contributed by atoms with Crippen LogP contribution in [0.4, 0.5) is 17.6 Å². The quantitative estimate of drug-likeness (QED) is 0.764. The standard InChI is InChI=1S/C13H15F4N/c14-12-5-4-9(13(15,16)17)7-11(12)8-2-1-3-10(18)6-8/h4-5,7-8,10H,1-3,6,18H2. The lowest BCUT2D eigenvalue weighted by atomic mass is 9.81. The van der Waals surface area contributed by atoms with Crippen molar-refractivity contribution < 1.29 is 17.6 Å².